The monoisotopic (exact) mass is 572 g/mol. The van der Waals surface area contributed by atoms with Crippen molar-refractivity contribution in [3.63, 3.8) is 0 Å². The first-order valence-corrected chi connectivity index (χ1v) is 13.4. The molecule has 11 heteroatoms. The Kier molecular flexibility index (Phi) is 10.6. The predicted octanol–water partition coefficient (Wildman–Crippen LogP) is 4.87. The average molecular weight is 573 g/mol. The fraction of sp³-hybridized carbons (Fsp3) is 0.286. The van der Waals surface area contributed by atoms with Crippen LogP contribution >= 0.6 is 23.4 Å². The van der Waals surface area contributed by atoms with Gasteiger partial charge in [0.05, 0.1) is 30.0 Å². The predicted molar refractivity (Wildman–Crippen MR) is 147 cm³/mol. The zero-order chi connectivity index (χ0) is 28.5. The summed E-state index contributed by atoms with van der Waals surface area (Å²) >= 11 is 7.39. The minimum Gasteiger partial charge on any atom is -0.463 e. The van der Waals surface area contributed by atoms with Crippen LogP contribution in [0.3, 0.4) is 0 Å². The molecule has 0 spiro atoms. The minimum atomic E-state index is -1.43. The number of esters is 3. The molecule has 0 saturated heterocycles. The minimum absolute atomic E-state index is 0.0602. The number of carbonyl (C=O) groups excluding carboxylic acids is 4. The lowest BCUT2D eigenvalue weighted by atomic mass is 9.85. The number of hydrogen-bond acceptors (Lipinski definition) is 9. The molecule has 1 heterocycles. The zero-order valence-electron chi connectivity index (χ0n) is 22.0. The van der Waals surface area contributed by atoms with Gasteiger partial charge in [-0.25, -0.2) is 9.59 Å². The van der Waals surface area contributed by atoms with E-state index in [1.54, 1.807) is 52.0 Å². The van der Waals surface area contributed by atoms with Gasteiger partial charge in [-0.1, -0.05) is 35.5 Å². The van der Waals surface area contributed by atoms with Crippen LogP contribution in [0.2, 0.25) is 5.02 Å². The van der Waals surface area contributed by atoms with E-state index in [4.69, 9.17) is 25.8 Å². The Hall–Kier alpha value is -3.76. The Morgan fingerprint density at radius 1 is 0.872 bits per heavy atom. The molecule has 0 radical (unpaired) electrons. The van der Waals surface area contributed by atoms with E-state index in [2.05, 4.69) is 10.6 Å². The molecule has 1 aliphatic heterocycles. The summed E-state index contributed by atoms with van der Waals surface area (Å²) in [7, 11) is 0. The van der Waals surface area contributed by atoms with E-state index >= 15 is 0 Å². The van der Waals surface area contributed by atoms with Crippen LogP contribution < -0.4 is 10.6 Å². The van der Waals surface area contributed by atoms with Crippen molar-refractivity contribution >= 4 is 52.9 Å². The Bertz CT molecular complexity index is 1280. The summed E-state index contributed by atoms with van der Waals surface area (Å²) < 4.78 is 15.6. The van der Waals surface area contributed by atoms with Gasteiger partial charge in [-0.15, -0.1) is 0 Å². The first-order valence-electron chi connectivity index (χ1n) is 12.2. The molecule has 9 nitrogen and oxygen atoms in total. The number of ether oxygens (including phenoxy) is 3. The number of dihydropyridines is 1. The van der Waals surface area contributed by atoms with Crippen molar-refractivity contribution in [1.82, 2.24) is 5.32 Å². The number of rotatable bonds is 10. The Balaban J connectivity index is 1.77. The fourth-order valence-corrected chi connectivity index (χ4v) is 4.91. The van der Waals surface area contributed by atoms with Crippen molar-refractivity contribution in [2.75, 3.05) is 25.1 Å². The molecule has 0 bridgehead atoms. The maximum Gasteiger partial charge on any atom is 0.337 e. The van der Waals surface area contributed by atoms with E-state index in [-0.39, 0.29) is 24.4 Å². The van der Waals surface area contributed by atoms with Gasteiger partial charge >= 0.3 is 17.9 Å². The molecule has 1 amide bonds. The maximum atomic E-state index is 13.3. The fourth-order valence-electron chi connectivity index (χ4n) is 3.88. The summed E-state index contributed by atoms with van der Waals surface area (Å²) in [6, 6.07) is 14.4. The van der Waals surface area contributed by atoms with Crippen molar-refractivity contribution < 1.29 is 33.4 Å². The van der Waals surface area contributed by atoms with Crippen molar-refractivity contribution in [2.24, 2.45) is 5.92 Å². The quantitative estimate of drug-likeness (QED) is 0.303. The number of carbonyl (C=O) groups is 4. The number of nitrogens with one attached hydrogen (secondary N) is 2. The van der Waals surface area contributed by atoms with Crippen LogP contribution in [0.25, 0.3) is 0 Å². The molecule has 2 aromatic rings. The van der Waals surface area contributed by atoms with Gasteiger partial charge < -0.3 is 24.8 Å². The van der Waals surface area contributed by atoms with Gasteiger partial charge in [0.1, 0.15) is 5.92 Å². The Morgan fingerprint density at radius 2 is 1.44 bits per heavy atom. The molecular formula is C28H29ClN2O7S. The third-order valence-electron chi connectivity index (χ3n) is 5.53. The molecule has 2 N–H and O–H groups in total. The largest absolute Gasteiger partial charge is 0.463 e. The van der Waals surface area contributed by atoms with E-state index in [1.807, 2.05) is 24.3 Å². The molecular weight excluding hydrogens is 544 g/mol. The van der Waals surface area contributed by atoms with Crippen molar-refractivity contribution in [1.29, 1.82) is 0 Å². The van der Waals surface area contributed by atoms with Crippen LogP contribution in [-0.2, 0) is 33.4 Å². The Morgan fingerprint density at radius 3 is 2.00 bits per heavy atom. The highest BCUT2D eigenvalue weighted by molar-refractivity contribution is 7.99. The van der Waals surface area contributed by atoms with Gasteiger partial charge in [0, 0.05) is 26.2 Å². The van der Waals surface area contributed by atoms with Crippen LogP contribution in [0.1, 0.15) is 27.7 Å². The van der Waals surface area contributed by atoms with Gasteiger partial charge in [0.2, 0.25) is 0 Å². The average Bonchev–Trinajstić information content (AvgIpc) is 2.89. The van der Waals surface area contributed by atoms with Crippen LogP contribution in [0.5, 0.6) is 0 Å². The molecule has 206 valence electrons. The summed E-state index contributed by atoms with van der Waals surface area (Å²) in [5.41, 5.74) is 1.02. The second-order valence-corrected chi connectivity index (χ2v) is 9.84. The van der Waals surface area contributed by atoms with E-state index < -0.39 is 36.3 Å². The van der Waals surface area contributed by atoms with Crippen LogP contribution in [-0.4, -0.2) is 43.6 Å². The normalized spacial score (nSPS) is 13.5. The molecule has 0 unspecified atom stereocenters. The lowest BCUT2D eigenvalue weighted by Crippen LogP contribution is -2.39. The molecule has 3 rings (SSSR count). The highest BCUT2D eigenvalue weighted by Gasteiger charge is 2.42. The standard InChI is InChI=1S/C28H29ClN2O7S/c1-5-36-26(33)23-16(3)30-17(4)24(27(34)37-6-2)25(23)28(35)38-15-22(32)31-20-9-7-8-10-21(20)39-19-13-11-18(29)12-14-19/h7-14,25,30H,5-6,15H2,1-4H3,(H,31,32). The van der Waals surface area contributed by atoms with Crippen molar-refractivity contribution in [3.05, 3.63) is 76.1 Å². The lowest BCUT2D eigenvalue weighted by Gasteiger charge is -2.28. The molecule has 0 aromatic heterocycles. The number of anilines is 1. The number of allylic oxidation sites excluding steroid dienone is 2. The molecule has 39 heavy (non-hydrogen) atoms. The van der Waals surface area contributed by atoms with Crippen LogP contribution in [0.4, 0.5) is 5.69 Å². The zero-order valence-corrected chi connectivity index (χ0v) is 23.5. The van der Waals surface area contributed by atoms with E-state index in [0.717, 1.165) is 9.79 Å². The highest BCUT2D eigenvalue weighted by atomic mass is 35.5. The SMILES string of the molecule is CCOC(=O)C1=C(C)NC(C)=C(C(=O)OCC)C1C(=O)OCC(=O)Nc1ccccc1Sc1ccc(Cl)cc1. The third kappa shape index (κ3) is 7.64. The van der Waals surface area contributed by atoms with E-state index in [1.165, 1.54) is 11.8 Å². The number of benzene rings is 2. The molecule has 0 aliphatic carbocycles. The number of amides is 1. The van der Waals surface area contributed by atoms with Gasteiger partial charge in [-0.05, 0) is 64.1 Å². The van der Waals surface area contributed by atoms with E-state index in [9.17, 15) is 19.2 Å². The molecule has 0 saturated carbocycles. The first kappa shape index (κ1) is 29.8. The lowest BCUT2D eigenvalue weighted by molar-refractivity contribution is -0.153. The second kappa shape index (κ2) is 13.9. The van der Waals surface area contributed by atoms with Gasteiger partial charge in [0.25, 0.3) is 5.91 Å². The molecule has 2 aromatic carbocycles. The third-order valence-corrected chi connectivity index (χ3v) is 6.87. The molecule has 1 aliphatic rings. The van der Waals surface area contributed by atoms with Crippen LogP contribution in [0.15, 0.2) is 80.9 Å². The summed E-state index contributed by atoms with van der Waals surface area (Å²) in [6.45, 7) is 5.89. The summed E-state index contributed by atoms with van der Waals surface area (Å²) in [5, 5.41) is 6.29. The number of halogens is 1. The first-order chi connectivity index (χ1) is 18.7. The highest BCUT2D eigenvalue weighted by Crippen LogP contribution is 2.35. The van der Waals surface area contributed by atoms with Gasteiger partial charge in [-0.2, -0.15) is 0 Å². The van der Waals surface area contributed by atoms with E-state index in [0.29, 0.717) is 22.1 Å². The van der Waals surface area contributed by atoms with Crippen molar-refractivity contribution in [2.45, 2.75) is 37.5 Å². The molecule has 0 fully saturated rings. The summed E-state index contributed by atoms with van der Waals surface area (Å²) in [4.78, 5) is 53.3. The molecule has 0 atom stereocenters. The summed E-state index contributed by atoms with van der Waals surface area (Å²) in [6.07, 6.45) is 0. The van der Waals surface area contributed by atoms with Crippen LogP contribution in [0, 0.1) is 5.92 Å². The maximum absolute atomic E-state index is 13.3. The Labute approximate surface area is 235 Å². The van der Waals surface area contributed by atoms with Gasteiger partial charge in [-0.3, -0.25) is 9.59 Å². The second-order valence-electron chi connectivity index (χ2n) is 8.28. The number of hydrogen-bond donors (Lipinski definition) is 2. The smallest absolute Gasteiger partial charge is 0.337 e. The topological polar surface area (TPSA) is 120 Å². The number of para-hydroxylation sites is 1. The van der Waals surface area contributed by atoms with Gasteiger partial charge in [0.15, 0.2) is 6.61 Å². The van der Waals surface area contributed by atoms with Crippen molar-refractivity contribution in [3.8, 4) is 0 Å². The summed E-state index contributed by atoms with van der Waals surface area (Å²) in [5.74, 6) is -4.55.